The van der Waals surface area contributed by atoms with Gasteiger partial charge < -0.3 is 10.4 Å². The van der Waals surface area contributed by atoms with Crippen molar-refractivity contribution in [3.8, 4) is 5.75 Å². The topological polar surface area (TPSA) is 107 Å². The van der Waals surface area contributed by atoms with Crippen molar-refractivity contribution in [2.75, 3.05) is 9.62 Å². The van der Waals surface area contributed by atoms with Crippen molar-refractivity contribution in [3.05, 3.63) is 95.6 Å². The molecular weight excluding hydrogens is 416 g/mol. The zero-order valence-electron chi connectivity index (χ0n) is 16.6. The van der Waals surface area contributed by atoms with Crippen LogP contribution in [0.25, 0.3) is 6.08 Å². The summed E-state index contributed by atoms with van der Waals surface area (Å²) in [4.78, 5) is 25.5. The molecule has 0 aliphatic rings. The smallest absolute Gasteiger partial charge is 0.340 e. The highest BCUT2D eigenvalue weighted by Gasteiger charge is 2.25. The van der Waals surface area contributed by atoms with Gasteiger partial charge in [0.05, 0.1) is 5.69 Å². The van der Waals surface area contributed by atoms with Crippen molar-refractivity contribution in [3.63, 3.8) is 0 Å². The Hall–Kier alpha value is -3.75. The van der Waals surface area contributed by atoms with Crippen LogP contribution in [-0.2, 0) is 11.3 Å². The Morgan fingerprint density at radius 3 is 2.39 bits per heavy atom. The molecule has 0 aliphatic heterocycles. The van der Waals surface area contributed by atoms with E-state index in [1.165, 1.54) is 36.4 Å². The average Bonchev–Trinajstić information content (AvgIpc) is 2.74. The monoisotopic (exact) mass is 436 g/mol. The number of hydrogen-bond donors (Lipinski definition) is 3. The predicted molar refractivity (Wildman–Crippen MR) is 121 cm³/mol. The molecular formula is C23H20N2O5S. The summed E-state index contributed by atoms with van der Waals surface area (Å²) in [5, 5.41) is 12.1. The summed E-state index contributed by atoms with van der Waals surface area (Å²) in [6, 6.07) is 18.4. The zero-order chi connectivity index (χ0) is 22.4. The summed E-state index contributed by atoms with van der Waals surface area (Å²) in [6.45, 7) is 1.90. The SMILES string of the molecule is Cc1ccc(NC(=O)N(c2ccccc2C(=O)/C=C/c2cccc(O)c2)S(=O)O)cc1. The van der Waals surface area contributed by atoms with Gasteiger partial charge in [-0.15, -0.1) is 0 Å². The Morgan fingerprint density at radius 1 is 1.00 bits per heavy atom. The van der Waals surface area contributed by atoms with E-state index in [4.69, 9.17) is 0 Å². The molecule has 3 N–H and O–H groups in total. The number of benzene rings is 3. The first-order valence-electron chi connectivity index (χ1n) is 9.24. The number of phenols is 1. The van der Waals surface area contributed by atoms with Crippen LogP contribution in [0, 0.1) is 6.92 Å². The molecule has 3 aromatic rings. The van der Waals surface area contributed by atoms with Crippen LogP contribution in [0.5, 0.6) is 5.75 Å². The lowest BCUT2D eigenvalue weighted by molar-refractivity contribution is 0.104. The second-order valence-electron chi connectivity index (χ2n) is 6.63. The van der Waals surface area contributed by atoms with Crippen LogP contribution in [0.4, 0.5) is 16.2 Å². The van der Waals surface area contributed by atoms with E-state index >= 15 is 0 Å². The lowest BCUT2D eigenvalue weighted by atomic mass is 10.1. The molecule has 3 aromatic carbocycles. The molecule has 31 heavy (non-hydrogen) atoms. The number of hydrogen-bond acceptors (Lipinski definition) is 4. The molecule has 0 fully saturated rings. The van der Waals surface area contributed by atoms with Gasteiger partial charge in [-0.1, -0.05) is 48.0 Å². The van der Waals surface area contributed by atoms with Gasteiger partial charge in [-0.25, -0.2) is 9.00 Å². The number of nitrogens with one attached hydrogen (secondary N) is 1. The Balaban J connectivity index is 1.89. The number of urea groups is 1. The van der Waals surface area contributed by atoms with Crippen LogP contribution in [0.1, 0.15) is 21.5 Å². The number of aromatic hydroxyl groups is 1. The molecule has 0 spiro atoms. The maximum Gasteiger partial charge on any atom is 0.340 e. The minimum Gasteiger partial charge on any atom is -0.508 e. The van der Waals surface area contributed by atoms with E-state index < -0.39 is 23.1 Å². The molecule has 1 unspecified atom stereocenters. The first-order chi connectivity index (χ1) is 14.8. The highest BCUT2D eigenvalue weighted by Crippen LogP contribution is 2.24. The third kappa shape index (κ3) is 5.65. The molecule has 0 aromatic heterocycles. The summed E-state index contributed by atoms with van der Waals surface area (Å²) in [7, 11) is 0. The van der Waals surface area contributed by atoms with Crippen LogP contribution >= 0.6 is 0 Å². The molecule has 0 heterocycles. The lowest BCUT2D eigenvalue weighted by Gasteiger charge is -2.20. The molecule has 158 valence electrons. The van der Waals surface area contributed by atoms with Gasteiger partial charge >= 0.3 is 6.03 Å². The summed E-state index contributed by atoms with van der Waals surface area (Å²) < 4.78 is 22.4. The molecule has 3 rings (SSSR count). The van der Waals surface area contributed by atoms with Gasteiger partial charge in [0.15, 0.2) is 5.78 Å². The number of ketones is 1. The number of para-hydroxylation sites is 1. The number of nitrogens with zero attached hydrogens (tertiary/aromatic N) is 1. The molecule has 0 saturated carbocycles. The van der Waals surface area contributed by atoms with Gasteiger partial charge in [0, 0.05) is 11.3 Å². The second kappa shape index (κ2) is 9.84. The predicted octanol–water partition coefficient (Wildman–Crippen LogP) is 4.77. The number of rotatable bonds is 6. The number of allylic oxidation sites excluding steroid dienone is 1. The highest BCUT2D eigenvalue weighted by atomic mass is 32.2. The lowest BCUT2D eigenvalue weighted by Crippen LogP contribution is -2.37. The van der Waals surface area contributed by atoms with E-state index in [2.05, 4.69) is 5.32 Å². The first kappa shape index (κ1) is 21.9. The van der Waals surface area contributed by atoms with E-state index in [1.54, 1.807) is 48.5 Å². The van der Waals surface area contributed by atoms with E-state index in [-0.39, 0.29) is 17.0 Å². The maximum absolute atomic E-state index is 12.8. The van der Waals surface area contributed by atoms with Crippen LogP contribution in [0.2, 0.25) is 0 Å². The van der Waals surface area contributed by atoms with E-state index in [9.17, 15) is 23.5 Å². The molecule has 0 aliphatic carbocycles. The minimum absolute atomic E-state index is 0.0153. The molecule has 1 atom stereocenters. The van der Waals surface area contributed by atoms with Crippen molar-refractivity contribution < 1.29 is 23.5 Å². The molecule has 2 amide bonds. The van der Waals surface area contributed by atoms with Gasteiger partial charge in [0.25, 0.3) is 11.3 Å². The first-order valence-corrected chi connectivity index (χ1v) is 10.3. The molecule has 0 radical (unpaired) electrons. The second-order valence-corrected chi connectivity index (χ2v) is 7.46. The largest absolute Gasteiger partial charge is 0.508 e. The summed E-state index contributed by atoms with van der Waals surface area (Å²) in [6.07, 6.45) is 2.77. The van der Waals surface area contributed by atoms with Crippen molar-refractivity contribution in [1.29, 1.82) is 0 Å². The van der Waals surface area contributed by atoms with Gasteiger partial charge in [-0.3, -0.25) is 9.35 Å². The highest BCUT2D eigenvalue weighted by molar-refractivity contribution is 7.81. The summed E-state index contributed by atoms with van der Waals surface area (Å²) >= 11 is -2.72. The number of anilines is 2. The Kier molecular flexibility index (Phi) is 6.96. The average molecular weight is 436 g/mol. The third-order valence-electron chi connectivity index (χ3n) is 4.33. The van der Waals surface area contributed by atoms with Gasteiger partial charge in [-0.2, -0.15) is 4.31 Å². The molecule has 0 saturated heterocycles. The number of phenolic OH excluding ortho intramolecular Hbond substituents is 1. The van der Waals surface area contributed by atoms with Crippen LogP contribution in [0.3, 0.4) is 0 Å². The number of aryl methyl sites for hydroxylation is 1. The number of carbonyl (C=O) groups excluding carboxylic acids is 2. The zero-order valence-corrected chi connectivity index (χ0v) is 17.4. The van der Waals surface area contributed by atoms with Crippen LogP contribution in [-0.4, -0.2) is 25.7 Å². The van der Waals surface area contributed by atoms with E-state index in [0.29, 0.717) is 15.6 Å². The summed E-state index contributed by atoms with van der Waals surface area (Å²) in [5.41, 5.74) is 2.10. The van der Waals surface area contributed by atoms with Gasteiger partial charge in [0.2, 0.25) is 0 Å². The quantitative estimate of drug-likeness (QED) is 0.293. The van der Waals surface area contributed by atoms with Crippen LogP contribution < -0.4 is 9.62 Å². The fourth-order valence-electron chi connectivity index (χ4n) is 2.82. The minimum atomic E-state index is -2.72. The molecule has 7 nitrogen and oxygen atoms in total. The fraction of sp³-hybridized carbons (Fsp3) is 0.0435. The number of amides is 2. The van der Waals surface area contributed by atoms with Crippen molar-refractivity contribution in [2.45, 2.75) is 6.92 Å². The Bertz CT molecular complexity index is 1160. The van der Waals surface area contributed by atoms with Crippen molar-refractivity contribution in [1.82, 2.24) is 0 Å². The Morgan fingerprint density at radius 2 is 1.71 bits per heavy atom. The van der Waals surface area contributed by atoms with E-state index in [1.807, 2.05) is 6.92 Å². The maximum atomic E-state index is 12.8. The molecule has 0 bridgehead atoms. The molecule has 8 heteroatoms. The van der Waals surface area contributed by atoms with Gasteiger partial charge in [0.1, 0.15) is 5.75 Å². The summed E-state index contributed by atoms with van der Waals surface area (Å²) in [5.74, 6) is -0.415. The third-order valence-corrected chi connectivity index (χ3v) is 5.00. The standard InChI is InChI=1S/C23H20N2O5S/c1-16-9-12-18(13-10-16)24-23(28)25(31(29)30)21-8-3-2-7-20(21)22(27)14-11-17-5-4-6-19(26)15-17/h2-15,26H,1H3,(H,24,28)(H,29,30)/b14-11+. The van der Waals surface area contributed by atoms with Crippen molar-refractivity contribution >= 4 is 40.5 Å². The van der Waals surface area contributed by atoms with E-state index in [0.717, 1.165) is 5.56 Å². The van der Waals surface area contributed by atoms with Crippen molar-refractivity contribution in [2.24, 2.45) is 0 Å². The fourth-order valence-corrected chi connectivity index (χ4v) is 3.34. The van der Waals surface area contributed by atoms with Gasteiger partial charge in [-0.05, 0) is 55.0 Å². The Labute approximate surface area is 182 Å². The van der Waals surface area contributed by atoms with Crippen LogP contribution in [0.15, 0.2) is 78.9 Å². The normalized spacial score (nSPS) is 11.8. The number of carbonyl (C=O) groups is 2.